The highest BCUT2D eigenvalue weighted by Crippen LogP contribution is 2.36. The maximum Gasteiger partial charge on any atom is 0.0613 e. The van der Waals surface area contributed by atoms with Crippen LogP contribution in [0.15, 0.2) is 0 Å². The first-order valence-electron chi connectivity index (χ1n) is 6.66. The van der Waals surface area contributed by atoms with Crippen LogP contribution in [0.5, 0.6) is 0 Å². The van der Waals surface area contributed by atoms with Gasteiger partial charge in [0.2, 0.25) is 0 Å². The van der Waals surface area contributed by atoms with E-state index in [9.17, 15) is 5.11 Å². The summed E-state index contributed by atoms with van der Waals surface area (Å²) in [6.45, 7) is 2.61. The monoisotopic (exact) mass is 211 g/mol. The third-order valence-corrected chi connectivity index (χ3v) is 4.15. The maximum atomic E-state index is 9.57. The molecule has 2 aliphatic carbocycles. The summed E-state index contributed by atoms with van der Waals surface area (Å²) in [6.07, 6.45) is 10.3. The number of rotatable bonds is 5. The Labute approximate surface area is 93.5 Å². The topological polar surface area (TPSA) is 32.3 Å². The Kier molecular flexibility index (Phi) is 3.68. The van der Waals surface area contributed by atoms with Crippen molar-refractivity contribution < 1.29 is 5.11 Å². The zero-order valence-corrected chi connectivity index (χ0v) is 9.97. The highest BCUT2D eigenvalue weighted by molar-refractivity contribution is 4.97. The predicted octanol–water partition coefficient (Wildman–Crippen LogP) is 2.46. The lowest BCUT2D eigenvalue weighted by Crippen LogP contribution is -2.51. The van der Waals surface area contributed by atoms with Gasteiger partial charge in [-0.25, -0.2) is 0 Å². The van der Waals surface area contributed by atoms with Crippen molar-refractivity contribution in [3.8, 4) is 0 Å². The lowest BCUT2D eigenvalue weighted by Gasteiger charge is -2.40. The van der Waals surface area contributed by atoms with E-state index in [1.54, 1.807) is 0 Å². The Morgan fingerprint density at radius 1 is 1.20 bits per heavy atom. The van der Waals surface area contributed by atoms with E-state index in [0.29, 0.717) is 6.61 Å². The number of hydrogen-bond acceptors (Lipinski definition) is 2. The van der Waals surface area contributed by atoms with Gasteiger partial charge >= 0.3 is 0 Å². The number of aliphatic hydroxyl groups excluding tert-OH is 1. The van der Waals surface area contributed by atoms with Crippen molar-refractivity contribution in [2.75, 3.05) is 6.61 Å². The number of nitrogens with one attached hydrogen (secondary N) is 1. The summed E-state index contributed by atoms with van der Waals surface area (Å²) in [6, 6.07) is 0.722. The Hall–Kier alpha value is -0.0800. The molecule has 0 aliphatic heterocycles. The van der Waals surface area contributed by atoms with Crippen molar-refractivity contribution in [1.29, 1.82) is 0 Å². The van der Waals surface area contributed by atoms with Gasteiger partial charge < -0.3 is 10.4 Å². The number of aliphatic hydroxyl groups is 1. The summed E-state index contributed by atoms with van der Waals surface area (Å²) < 4.78 is 0. The van der Waals surface area contributed by atoms with Crippen LogP contribution in [-0.4, -0.2) is 23.3 Å². The molecule has 2 nitrogen and oxygen atoms in total. The van der Waals surface area contributed by atoms with Gasteiger partial charge in [0.05, 0.1) is 6.61 Å². The normalized spacial score (nSPS) is 36.8. The Morgan fingerprint density at radius 3 is 2.33 bits per heavy atom. The molecule has 0 aromatic heterocycles. The molecule has 2 heteroatoms. The van der Waals surface area contributed by atoms with Gasteiger partial charge in [0.15, 0.2) is 0 Å². The van der Waals surface area contributed by atoms with Gasteiger partial charge in [0.25, 0.3) is 0 Å². The summed E-state index contributed by atoms with van der Waals surface area (Å²) in [5.41, 5.74) is 0.0887. The molecule has 0 bridgehead atoms. The van der Waals surface area contributed by atoms with E-state index in [0.717, 1.165) is 12.0 Å². The molecule has 2 saturated carbocycles. The minimum absolute atomic E-state index is 0.0887. The number of hydrogen-bond donors (Lipinski definition) is 2. The van der Waals surface area contributed by atoms with Crippen LogP contribution in [-0.2, 0) is 0 Å². The molecule has 2 N–H and O–H groups in total. The summed E-state index contributed by atoms with van der Waals surface area (Å²) in [5, 5.41) is 13.2. The first-order chi connectivity index (χ1) is 7.28. The fraction of sp³-hybridized carbons (Fsp3) is 1.00. The standard InChI is InChI=1S/C13H25NO/c1-2-3-11-6-8-13(10-15,9-7-11)14-12-4-5-12/h11-12,14-15H,2-10H2,1H3. The maximum absolute atomic E-state index is 9.57. The largest absolute Gasteiger partial charge is 0.394 e. The van der Waals surface area contributed by atoms with Gasteiger partial charge in [-0.3, -0.25) is 0 Å². The highest BCUT2D eigenvalue weighted by Gasteiger charge is 2.38. The average molecular weight is 211 g/mol. The SMILES string of the molecule is CCCC1CCC(CO)(NC2CC2)CC1. The molecule has 0 amide bonds. The second-order valence-electron chi connectivity index (χ2n) is 5.59. The zero-order chi connectivity index (χ0) is 10.7. The molecule has 0 atom stereocenters. The van der Waals surface area contributed by atoms with Crippen LogP contribution in [0, 0.1) is 5.92 Å². The van der Waals surface area contributed by atoms with Gasteiger partial charge in [-0.15, -0.1) is 0 Å². The van der Waals surface area contributed by atoms with E-state index in [1.807, 2.05) is 0 Å². The molecular formula is C13H25NO. The first kappa shape index (κ1) is 11.4. The fourth-order valence-corrected chi connectivity index (χ4v) is 2.94. The second kappa shape index (κ2) is 4.84. The van der Waals surface area contributed by atoms with E-state index in [2.05, 4.69) is 12.2 Å². The van der Waals surface area contributed by atoms with Crippen molar-refractivity contribution in [1.82, 2.24) is 5.32 Å². The van der Waals surface area contributed by atoms with Crippen LogP contribution in [0.4, 0.5) is 0 Å². The van der Waals surface area contributed by atoms with Gasteiger partial charge in [-0.2, -0.15) is 0 Å². The second-order valence-corrected chi connectivity index (χ2v) is 5.59. The molecule has 15 heavy (non-hydrogen) atoms. The minimum atomic E-state index is 0.0887. The Morgan fingerprint density at radius 2 is 1.87 bits per heavy atom. The molecule has 0 spiro atoms. The minimum Gasteiger partial charge on any atom is -0.394 e. The van der Waals surface area contributed by atoms with Crippen LogP contribution in [0.2, 0.25) is 0 Å². The Bertz CT molecular complexity index is 193. The van der Waals surface area contributed by atoms with E-state index in [-0.39, 0.29) is 5.54 Å². The molecule has 88 valence electrons. The molecule has 0 aromatic rings. The van der Waals surface area contributed by atoms with Crippen molar-refractivity contribution >= 4 is 0 Å². The quantitative estimate of drug-likeness (QED) is 0.732. The van der Waals surface area contributed by atoms with E-state index in [1.165, 1.54) is 51.4 Å². The summed E-state index contributed by atoms with van der Waals surface area (Å²) in [7, 11) is 0. The van der Waals surface area contributed by atoms with Gasteiger partial charge in [-0.05, 0) is 44.4 Å². The third-order valence-electron chi connectivity index (χ3n) is 4.15. The van der Waals surface area contributed by atoms with Gasteiger partial charge in [0, 0.05) is 11.6 Å². The summed E-state index contributed by atoms with van der Waals surface area (Å²) in [4.78, 5) is 0. The van der Waals surface area contributed by atoms with Crippen molar-refractivity contribution in [3.63, 3.8) is 0 Å². The van der Waals surface area contributed by atoms with E-state index in [4.69, 9.17) is 0 Å². The van der Waals surface area contributed by atoms with Gasteiger partial charge in [0.1, 0.15) is 0 Å². The third kappa shape index (κ3) is 2.94. The average Bonchev–Trinajstić information content (AvgIpc) is 3.06. The van der Waals surface area contributed by atoms with Crippen LogP contribution in [0.3, 0.4) is 0 Å². The molecule has 2 aliphatic rings. The lowest BCUT2D eigenvalue weighted by atomic mass is 9.75. The van der Waals surface area contributed by atoms with E-state index < -0.39 is 0 Å². The fourth-order valence-electron chi connectivity index (χ4n) is 2.94. The molecule has 0 aromatic carbocycles. The highest BCUT2D eigenvalue weighted by atomic mass is 16.3. The Balaban J connectivity index is 1.81. The smallest absolute Gasteiger partial charge is 0.0613 e. The molecular weight excluding hydrogens is 186 g/mol. The van der Waals surface area contributed by atoms with Crippen molar-refractivity contribution in [2.24, 2.45) is 5.92 Å². The molecule has 0 unspecified atom stereocenters. The molecule has 0 radical (unpaired) electrons. The molecule has 0 heterocycles. The van der Waals surface area contributed by atoms with Crippen molar-refractivity contribution in [2.45, 2.75) is 69.9 Å². The predicted molar refractivity (Wildman–Crippen MR) is 62.8 cm³/mol. The first-order valence-corrected chi connectivity index (χ1v) is 6.66. The molecule has 2 fully saturated rings. The van der Waals surface area contributed by atoms with Crippen LogP contribution >= 0.6 is 0 Å². The molecule has 0 saturated heterocycles. The van der Waals surface area contributed by atoms with Crippen LogP contribution in [0.25, 0.3) is 0 Å². The lowest BCUT2D eigenvalue weighted by molar-refractivity contribution is 0.0984. The van der Waals surface area contributed by atoms with Gasteiger partial charge in [-0.1, -0.05) is 19.8 Å². The van der Waals surface area contributed by atoms with Crippen LogP contribution in [0.1, 0.15) is 58.3 Å². The van der Waals surface area contributed by atoms with Crippen molar-refractivity contribution in [3.05, 3.63) is 0 Å². The van der Waals surface area contributed by atoms with E-state index >= 15 is 0 Å². The van der Waals surface area contributed by atoms with Crippen LogP contribution < -0.4 is 5.32 Å². The summed E-state index contributed by atoms with van der Waals surface area (Å²) >= 11 is 0. The summed E-state index contributed by atoms with van der Waals surface area (Å²) in [5.74, 6) is 0.927. The zero-order valence-electron chi connectivity index (χ0n) is 9.97. The molecule has 2 rings (SSSR count).